The number of carbonyl (C=O) groups excluding carboxylic acids is 1. The maximum atomic E-state index is 12.9. The molecular weight excluding hydrogens is 417 g/mol. The largest absolute Gasteiger partial charge is 0.416 e. The van der Waals surface area contributed by atoms with Crippen molar-refractivity contribution in [3.8, 4) is 11.4 Å². The molecule has 0 aliphatic carbocycles. The van der Waals surface area contributed by atoms with E-state index in [2.05, 4.69) is 48.3 Å². The second-order valence-corrected chi connectivity index (χ2v) is 9.86. The molecule has 1 aliphatic heterocycles. The standard InChI is InChI=1S/C24H27F3N4O/c1-22(2)12-17(13-23(3,4)31-22)28-21(32)15-7-5-14(6-8-15)20-29-18-10-9-16(24(25,26)27)11-19(18)30-20/h5-11,17,31H,12-13H2,1-4H3,(H,28,32)(H,29,30). The van der Waals surface area contributed by atoms with Crippen molar-refractivity contribution < 1.29 is 18.0 Å². The van der Waals surface area contributed by atoms with Crippen LogP contribution in [0.2, 0.25) is 0 Å². The van der Waals surface area contributed by atoms with Crippen LogP contribution in [0.5, 0.6) is 0 Å². The van der Waals surface area contributed by atoms with E-state index in [1.54, 1.807) is 24.3 Å². The monoisotopic (exact) mass is 444 g/mol. The fraction of sp³-hybridized carbons (Fsp3) is 0.417. The summed E-state index contributed by atoms with van der Waals surface area (Å²) in [6.45, 7) is 8.53. The highest BCUT2D eigenvalue weighted by Gasteiger charge is 2.38. The molecule has 32 heavy (non-hydrogen) atoms. The van der Waals surface area contributed by atoms with E-state index in [-0.39, 0.29) is 23.0 Å². The Labute approximate surface area is 184 Å². The molecule has 1 amide bonds. The number of hydrogen-bond acceptors (Lipinski definition) is 3. The van der Waals surface area contributed by atoms with E-state index < -0.39 is 11.7 Å². The van der Waals surface area contributed by atoms with Gasteiger partial charge in [0.05, 0.1) is 16.6 Å². The molecule has 8 heteroatoms. The van der Waals surface area contributed by atoms with E-state index in [0.29, 0.717) is 28.0 Å². The Balaban J connectivity index is 1.50. The van der Waals surface area contributed by atoms with Crippen LogP contribution in [0, 0.1) is 0 Å². The number of imidazole rings is 1. The minimum atomic E-state index is -4.41. The first-order chi connectivity index (χ1) is 14.8. The van der Waals surface area contributed by atoms with Crippen LogP contribution in [0.1, 0.15) is 56.5 Å². The van der Waals surface area contributed by atoms with E-state index >= 15 is 0 Å². The van der Waals surface area contributed by atoms with Crippen molar-refractivity contribution in [2.24, 2.45) is 0 Å². The van der Waals surface area contributed by atoms with Gasteiger partial charge in [0.1, 0.15) is 5.82 Å². The molecule has 0 unspecified atom stereocenters. The molecule has 1 aromatic heterocycles. The number of fused-ring (bicyclic) bond motifs is 1. The summed E-state index contributed by atoms with van der Waals surface area (Å²) in [5.41, 5.74) is 1.11. The van der Waals surface area contributed by atoms with E-state index in [0.717, 1.165) is 25.0 Å². The average molecular weight is 445 g/mol. The van der Waals surface area contributed by atoms with Gasteiger partial charge in [0.25, 0.3) is 5.91 Å². The van der Waals surface area contributed by atoms with Gasteiger partial charge in [-0.2, -0.15) is 13.2 Å². The second-order valence-electron chi connectivity index (χ2n) is 9.86. The van der Waals surface area contributed by atoms with Crippen LogP contribution in [0.4, 0.5) is 13.2 Å². The van der Waals surface area contributed by atoms with Gasteiger partial charge >= 0.3 is 6.18 Å². The number of nitrogens with zero attached hydrogens (tertiary/aromatic N) is 1. The van der Waals surface area contributed by atoms with Crippen LogP contribution in [0.15, 0.2) is 42.5 Å². The first-order valence-electron chi connectivity index (χ1n) is 10.6. The van der Waals surface area contributed by atoms with Crippen molar-refractivity contribution in [1.29, 1.82) is 0 Å². The third-order valence-electron chi connectivity index (χ3n) is 5.76. The number of carbonyl (C=O) groups is 1. The third kappa shape index (κ3) is 4.80. The minimum absolute atomic E-state index is 0.0617. The zero-order valence-corrected chi connectivity index (χ0v) is 18.5. The van der Waals surface area contributed by atoms with Crippen molar-refractivity contribution >= 4 is 16.9 Å². The highest BCUT2D eigenvalue weighted by Crippen LogP contribution is 2.32. The van der Waals surface area contributed by atoms with E-state index in [9.17, 15) is 18.0 Å². The van der Waals surface area contributed by atoms with Crippen molar-refractivity contribution in [2.45, 2.75) is 63.8 Å². The molecule has 2 heterocycles. The number of aromatic nitrogens is 2. The molecular formula is C24H27F3N4O. The molecule has 3 N–H and O–H groups in total. The predicted octanol–water partition coefficient (Wildman–Crippen LogP) is 5.29. The summed E-state index contributed by atoms with van der Waals surface area (Å²) in [6, 6.07) is 10.4. The Bertz CT molecular complexity index is 1130. The predicted molar refractivity (Wildman–Crippen MR) is 118 cm³/mol. The molecule has 1 fully saturated rings. The fourth-order valence-corrected chi connectivity index (χ4v) is 4.80. The summed E-state index contributed by atoms with van der Waals surface area (Å²) in [7, 11) is 0. The lowest BCUT2D eigenvalue weighted by atomic mass is 9.79. The summed E-state index contributed by atoms with van der Waals surface area (Å²) in [5.74, 6) is 0.308. The van der Waals surface area contributed by atoms with Crippen LogP contribution in [-0.2, 0) is 6.18 Å². The van der Waals surface area contributed by atoms with Gasteiger partial charge in [-0.25, -0.2) is 4.98 Å². The summed E-state index contributed by atoms with van der Waals surface area (Å²) in [5, 5.41) is 6.74. The number of piperidine rings is 1. The minimum Gasteiger partial charge on any atom is -0.349 e. The van der Waals surface area contributed by atoms with Gasteiger partial charge in [0.15, 0.2) is 0 Å². The van der Waals surface area contributed by atoms with Gasteiger partial charge in [0, 0.05) is 28.2 Å². The molecule has 0 atom stereocenters. The lowest BCUT2D eigenvalue weighted by Crippen LogP contribution is -2.62. The first kappa shape index (κ1) is 22.3. The zero-order chi connectivity index (χ0) is 23.3. The third-order valence-corrected chi connectivity index (χ3v) is 5.76. The summed E-state index contributed by atoms with van der Waals surface area (Å²) < 4.78 is 38.8. The lowest BCUT2D eigenvalue weighted by molar-refractivity contribution is -0.137. The van der Waals surface area contributed by atoms with Crippen LogP contribution >= 0.6 is 0 Å². The van der Waals surface area contributed by atoms with Crippen molar-refractivity contribution in [1.82, 2.24) is 20.6 Å². The molecule has 5 nitrogen and oxygen atoms in total. The Kier molecular flexibility index (Phi) is 5.32. The molecule has 0 bridgehead atoms. The number of benzene rings is 2. The average Bonchev–Trinajstić information content (AvgIpc) is 3.08. The maximum absolute atomic E-state index is 12.9. The molecule has 4 rings (SSSR count). The fourth-order valence-electron chi connectivity index (χ4n) is 4.80. The number of H-pyrrole nitrogens is 1. The molecule has 0 spiro atoms. The Morgan fingerprint density at radius 3 is 2.25 bits per heavy atom. The number of rotatable bonds is 3. The number of alkyl halides is 3. The SMILES string of the molecule is CC1(C)CC(NC(=O)c2ccc(-c3nc4ccc(C(F)(F)F)cc4[nH]3)cc2)CC(C)(C)N1. The summed E-state index contributed by atoms with van der Waals surface area (Å²) >= 11 is 0. The maximum Gasteiger partial charge on any atom is 0.416 e. The Morgan fingerprint density at radius 1 is 1.03 bits per heavy atom. The van der Waals surface area contributed by atoms with Crippen molar-refractivity contribution in [2.75, 3.05) is 0 Å². The number of halogens is 3. The smallest absolute Gasteiger partial charge is 0.349 e. The molecule has 1 aliphatic rings. The molecule has 0 radical (unpaired) electrons. The van der Waals surface area contributed by atoms with Crippen LogP contribution < -0.4 is 10.6 Å². The van der Waals surface area contributed by atoms with Crippen LogP contribution in [-0.4, -0.2) is 33.0 Å². The molecule has 2 aromatic carbocycles. The van der Waals surface area contributed by atoms with Crippen molar-refractivity contribution in [3.05, 3.63) is 53.6 Å². The lowest BCUT2D eigenvalue weighted by Gasteiger charge is -2.46. The number of amides is 1. The molecule has 170 valence electrons. The van der Waals surface area contributed by atoms with E-state index in [1.165, 1.54) is 6.07 Å². The highest BCUT2D eigenvalue weighted by molar-refractivity contribution is 5.95. The van der Waals surface area contributed by atoms with Crippen LogP contribution in [0.25, 0.3) is 22.4 Å². The van der Waals surface area contributed by atoms with Gasteiger partial charge in [-0.15, -0.1) is 0 Å². The Morgan fingerprint density at radius 2 is 1.66 bits per heavy atom. The van der Waals surface area contributed by atoms with Gasteiger partial charge in [-0.3, -0.25) is 4.79 Å². The summed E-state index contributed by atoms with van der Waals surface area (Å²) in [6.07, 6.45) is -2.74. The van der Waals surface area contributed by atoms with E-state index in [1.807, 2.05) is 0 Å². The van der Waals surface area contributed by atoms with Gasteiger partial charge < -0.3 is 15.6 Å². The first-order valence-corrected chi connectivity index (χ1v) is 10.6. The number of aromatic amines is 1. The van der Waals surface area contributed by atoms with E-state index in [4.69, 9.17) is 0 Å². The highest BCUT2D eigenvalue weighted by atomic mass is 19.4. The zero-order valence-electron chi connectivity index (χ0n) is 18.5. The van der Waals surface area contributed by atoms with Gasteiger partial charge in [-0.05, 0) is 70.9 Å². The van der Waals surface area contributed by atoms with Gasteiger partial charge in [0.2, 0.25) is 0 Å². The number of hydrogen-bond donors (Lipinski definition) is 3. The topological polar surface area (TPSA) is 69.8 Å². The van der Waals surface area contributed by atoms with Gasteiger partial charge in [-0.1, -0.05) is 12.1 Å². The molecule has 1 saturated heterocycles. The molecule has 3 aromatic rings. The van der Waals surface area contributed by atoms with Crippen LogP contribution in [0.3, 0.4) is 0 Å². The van der Waals surface area contributed by atoms with Crippen molar-refractivity contribution in [3.63, 3.8) is 0 Å². The quantitative estimate of drug-likeness (QED) is 0.514. The number of nitrogens with one attached hydrogen (secondary N) is 3. The summed E-state index contributed by atoms with van der Waals surface area (Å²) in [4.78, 5) is 20.1. The second kappa shape index (κ2) is 7.62. The molecule has 0 saturated carbocycles. The normalized spacial score (nSPS) is 18.6. The Hall–Kier alpha value is -2.87.